The van der Waals surface area contributed by atoms with Crippen molar-refractivity contribution in [3.8, 4) is 0 Å². The molecule has 2 N–H and O–H groups in total. The lowest BCUT2D eigenvalue weighted by molar-refractivity contribution is 0.391. The Morgan fingerprint density at radius 3 is 2.70 bits per heavy atom. The number of aromatic nitrogens is 1. The molecule has 6 heteroatoms. The Labute approximate surface area is 126 Å². The number of nitrogens with one attached hydrogen (secondary N) is 2. The first-order chi connectivity index (χ1) is 9.60. The minimum Gasteiger partial charge on any atom is -0.361 e. The van der Waals surface area contributed by atoms with Crippen LogP contribution in [-0.2, 0) is 0 Å². The van der Waals surface area contributed by atoms with Crippen molar-refractivity contribution in [2.24, 2.45) is 4.99 Å². The molecule has 0 saturated heterocycles. The molecule has 0 fully saturated rings. The average Bonchev–Trinajstić information content (AvgIpc) is 2.75. The van der Waals surface area contributed by atoms with Crippen molar-refractivity contribution < 1.29 is 4.52 Å². The summed E-state index contributed by atoms with van der Waals surface area (Å²) in [6.45, 7) is 10.7. The van der Waals surface area contributed by atoms with Crippen molar-refractivity contribution in [1.82, 2.24) is 15.8 Å². The van der Waals surface area contributed by atoms with E-state index < -0.39 is 0 Å². The van der Waals surface area contributed by atoms with E-state index in [1.165, 1.54) is 5.56 Å². The summed E-state index contributed by atoms with van der Waals surface area (Å²) in [6.07, 6.45) is 2.10. The fourth-order valence-corrected chi connectivity index (χ4v) is 2.43. The van der Waals surface area contributed by atoms with Crippen molar-refractivity contribution in [2.75, 3.05) is 31.6 Å². The molecule has 0 aliphatic rings. The lowest BCUT2D eigenvalue weighted by Crippen LogP contribution is -2.38. The number of aliphatic imine (C=N–C) groups is 1. The molecule has 5 nitrogen and oxygen atoms in total. The van der Waals surface area contributed by atoms with Crippen LogP contribution in [-0.4, -0.2) is 42.8 Å². The Hall–Kier alpha value is -1.17. The molecule has 0 bridgehead atoms. The summed E-state index contributed by atoms with van der Waals surface area (Å²) in [6, 6.07) is 0. The van der Waals surface area contributed by atoms with Gasteiger partial charge in [0, 0.05) is 36.9 Å². The summed E-state index contributed by atoms with van der Waals surface area (Å²) in [5, 5.41) is 10.6. The van der Waals surface area contributed by atoms with E-state index in [9.17, 15) is 0 Å². The normalized spacial score (nSPS) is 13.3. The zero-order valence-corrected chi connectivity index (χ0v) is 13.9. The van der Waals surface area contributed by atoms with Gasteiger partial charge in [-0.05, 0) is 27.0 Å². The third-order valence-electron chi connectivity index (χ3n) is 3.05. The van der Waals surface area contributed by atoms with Gasteiger partial charge in [0.2, 0.25) is 0 Å². The molecule has 114 valence electrons. The van der Waals surface area contributed by atoms with E-state index in [1.807, 2.05) is 25.6 Å². The van der Waals surface area contributed by atoms with Crippen molar-refractivity contribution >= 4 is 17.7 Å². The van der Waals surface area contributed by atoms with Gasteiger partial charge in [0.25, 0.3) is 0 Å². The van der Waals surface area contributed by atoms with Crippen molar-refractivity contribution in [2.45, 2.75) is 33.6 Å². The van der Waals surface area contributed by atoms with Gasteiger partial charge < -0.3 is 15.2 Å². The molecule has 1 unspecified atom stereocenters. The molecule has 0 amide bonds. The highest BCUT2D eigenvalue weighted by Crippen LogP contribution is 2.23. The molecular weight excluding hydrogens is 272 g/mol. The van der Waals surface area contributed by atoms with Gasteiger partial charge in [-0.3, -0.25) is 4.99 Å². The summed E-state index contributed by atoms with van der Waals surface area (Å²) in [5.41, 5.74) is 2.14. The van der Waals surface area contributed by atoms with Crippen LogP contribution < -0.4 is 10.6 Å². The molecule has 1 aromatic heterocycles. The molecule has 1 aromatic rings. The Bertz CT molecular complexity index is 411. The van der Waals surface area contributed by atoms with Gasteiger partial charge in [-0.15, -0.1) is 0 Å². The predicted octanol–water partition coefficient (Wildman–Crippen LogP) is 2.31. The standard InChI is InChI=1S/C14H26N4OS/c1-6-15-14(16-7-8-20-5)17-9-10(2)13-11(3)18-19-12(13)4/h10H,6-9H2,1-5H3,(H2,15,16,17). The SMILES string of the molecule is CCNC(=NCC(C)c1c(C)noc1C)NCCSC. The molecule has 0 aliphatic heterocycles. The monoisotopic (exact) mass is 298 g/mol. The molecule has 0 radical (unpaired) electrons. The summed E-state index contributed by atoms with van der Waals surface area (Å²) in [7, 11) is 0. The van der Waals surface area contributed by atoms with Gasteiger partial charge in [0.05, 0.1) is 5.69 Å². The van der Waals surface area contributed by atoms with Crippen LogP contribution in [0, 0.1) is 13.8 Å². The van der Waals surface area contributed by atoms with Crippen molar-refractivity contribution in [3.63, 3.8) is 0 Å². The van der Waals surface area contributed by atoms with E-state index in [0.29, 0.717) is 5.92 Å². The topological polar surface area (TPSA) is 62.5 Å². The second kappa shape index (κ2) is 8.89. The number of hydrogen-bond acceptors (Lipinski definition) is 4. The lowest BCUT2D eigenvalue weighted by atomic mass is 10.00. The molecule has 20 heavy (non-hydrogen) atoms. The highest BCUT2D eigenvalue weighted by Gasteiger charge is 2.16. The van der Waals surface area contributed by atoms with Crippen molar-refractivity contribution in [3.05, 3.63) is 17.0 Å². The van der Waals surface area contributed by atoms with Crippen LogP contribution >= 0.6 is 11.8 Å². The van der Waals surface area contributed by atoms with Gasteiger partial charge in [0.1, 0.15) is 5.76 Å². The molecule has 0 aromatic carbocycles. The average molecular weight is 298 g/mol. The van der Waals surface area contributed by atoms with Crippen LogP contribution in [0.2, 0.25) is 0 Å². The van der Waals surface area contributed by atoms with Crippen LogP contribution in [0.25, 0.3) is 0 Å². The number of nitrogens with zero attached hydrogens (tertiary/aromatic N) is 2. The quantitative estimate of drug-likeness (QED) is 0.459. The summed E-state index contributed by atoms with van der Waals surface area (Å²) < 4.78 is 5.22. The molecule has 1 atom stereocenters. The number of guanidine groups is 1. The van der Waals surface area contributed by atoms with Gasteiger partial charge in [-0.2, -0.15) is 11.8 Å². The summed E-state index contributed by atoms with van der Waals surface area (Å²) in [4.78, 5) is 4.64. The Morgan fingerprint density at radius 2 is 2.15 bits per heavy atom. The maximum absolute atomic E-state index is 5.22. The van der Waals surface area contributed by atoms with Crippen molar-refractivity contribution in [1.29, 1.82) is 0 Å². The van der Waals surface area contributed by atoms with E-state index >= 15 is 0 Å². The summed E-state index contributed by atoms with van der Waals surface area (Å²) >= 11 is 1.82. The second-order valence-electron chi connectivity index (χ2n) is 4.78. The summed E-state index contributed by atoms with van der Waals surface area (Å²) in [5.74, 6) is 3.15. The smallest absolute Gasteiger partial charge is 0.191 e. The number of hydrogen-bond donors (Lipinski definition) is 2. The zero-order valence-electron chi connectivity index (χ0n) is 13.1. The predicted molar refractivity (Wildman–Crippen MR) is 86.8 cm³/mol. The minimum atomic E-state index is 0.303. The third-order valence-corrected chi connectivity index (χ3v) is 3.66. The Morgan fingerprint density at radius 1 is 1.40 bits per heavy atom. The van der Waals surface area contributed by atoms with E-state index in [1.54, 1.807) is 0 Å². The van der Waals surface area contributed by atoms with E-state index in [0.717, 1.165) is 42.8 Å². The van der Waals surface area contributed by atoms with Crippen LogP contribution in [0.5, 0.6) is 0 Å². The third kappa shape index (κ3) is 5.07. The minimum absolute atomic E-state index is 0.303. The van der Waals surface area contributed by atoms with Crippen LogP contribution in [0.4, 0.5) is 0 Å². The fraction of sp³-hybridized carbons (Fsp3) is 0.714. The van der Waals surface area contributed by atoms with Crippen LogP contribution in [0.1, 0.15) is 36.8 Å². The zero-order chi connectivity index (χ0) is 15.0. The molecule has 1 heterocycles. The maximum atomic E-state index is 5.22. The number of rotatable bonds is 7. The van der Waals surface area contributed by atoms with E-state index in [-0.39, 0.29) is 0 Å². The fourth-order valence-electron chi connectivity index (χ4n) is 2.13. The molecule has 0 saturated carbocycles. The number of aryl methyl sites for hydroxylation is 2. The van der Waals surface area contributed by atoms with Gasteiger partial charge in [0.15, 0.2) is 5.96 Å². The first-order valence-corrected chi connectivity index (χ1v) is 8.43. The highest BCUT2D eigenvalue weighted by molar-refractivity contribution is 7.98. The first kappa shape index (κ1) is 16.9. The van der Waals surface area contributed by atoms with E-state index in [2.05, 4.69) is 40.9 Å². The molecular formula is C14H26N4OS. The highest BCUT2D eigenvalue weighted by atomic mass is 32.2. The number of thioether (sulfide) groups is 1. The Kier molecular flexibility index (Phi) is 7.51. The van der Waals surface area contributed by atoms with Gasteiger partial charge in [-0.1, -0.05) is 12.1 Å². The van der Waals surface area contributed by atoms with E-state index in [4.69, 9.17) is 4.52 Å². The largest absolute Gasteiger partial charge is 0.361 e. The van der Waals surface area contributed by atoms with Gasteiger partial charge in [-0.25, -0.2) is 0 Å². The Balaban J connectivity index is 2.61. The van der Waals surface area contributed by atoms with Crippen LogP contribution in [0.3, 0.4) is 0 Å². The lowest BCUT2D eigenvalue weighted by Gasteiger charge is -2.13. The van der Waals surface area contributed by atoms with Gasteiger partial charge >= 0.3 is 0 Å². The van der Waals surface area contributed by atoms with Crippen LogP contribution in [0.15, 0.2) is 9.52 Å². The molecule has 1 rings (SSSR count). The first-order valence-electron chi connectivity index (χ1n) is 7.04. The second-order valence-corrected chi connectivity index (χ2v) is 5.76. The molecule has 0 aliphatic carbocycles. The maximum Gasteiger partial charge on any atom is 0.191 e. The molecule has 0 spiro atoms.